The van der Waals surface area contributed by atoms with Gasteiger partial charge in [-0.1, -0.05) is 43.6 Å². The van der Waals surface area contributed by atoms with Crippen LogP contribution in [0.5, 0.6) is 5.75 Å². The number of nitrogens with one attached hydrogen (secondary N) is 1. The summed E-state index contributed by atoms with van der Waals surface area (Å²) in [6.45, 7) is 7.38. The number of para-hydroxylation sites is 1. The van der Waals surface area contributed by atoms with Gasteiger partial charge in [0, 0.05) is 10.7 Å². The Hall–Kier alpha value is -2.53. The maximum Gasteiger partial charge on any atom is 0.271 e. The van der Waals surface area contributed by atoms with Gasteiger partial charge in [0.25, 0.3) is 5.91 Å². The van der Waals surface area contributed by atoms with E-state index in [0.717, 1.165) is 29.7 Å². The third kappa shape index (κ3) is 3.85. The number of carbonyl (C=O) groups is 2. The molecule has 0 aliphatic carbocycles. The number of fused-ring (bicyclic) bond motifs is 1. The van der Waals surface area contributed by atoms with Crippen molar-refractivity contribution < 1.29 is 14.3 Å². The van der Waals surface area contributed by atoms with E-state index in [0.29, 0.717) is 16.5 Å². The summed E-state index contributed by atoms with van der Waals surface area (Å²) in [4.78, 5) is 27.3. The van der Waals surface area contributed by atoms with Gasteiger partial charge in [-0.2, -0.15) is 0 Å². The molecule has 0 aromatic heterocycles. The SMILES string of the molecule is CCc1cccc(CC)c1NC(=O)CN1C(=O)C(C)(C)Oc2ccc(Cl)cc21. The van der Waals surface area contributed by atoms with Crippen molar-refractivity contribution in [1.82, 2.24) is 0 Å². The summed E-state index contributed by atoms with van der Waals surface area (Å²) in [5, 5.41) is 3.49. The second-order valence-electron chi connectivity index (χ2n) is 7.32. The van der Waals surface area contributed by atoms with Gasteiger partial charge in [-0.3, -0.25) is 14.5 Å². The van der Waals surface area contributed by atoms with Crippen LogP contribution in [0.4, 0.5) is 11.4 Å². The van der Waals surface area contributed by atoms with Gasteiger partial charge in [-0.15, -0.1) is 0 Å². The molecule has 28 heavy (non-hydrogen) atoms. The number of ether oxygens (including phenoxy) is 1. The van der Waals surface area contributed by atoms with Gasteiger partial charge in [-0.05, 0) is 56.0 Å². The molecule has 2 aromatic rings. The molecule has 0 unspecified atom stereocenters. The number of benzene rings is 2. The third-order valence-electron chi connectivity index (χ3n) is 4.90. The van der Waals surface area contributed by atoms with Gasteiger partial charge in [0.1, 0.15) is 12.3 Å². The number of halogens is 1. The van der Waals surface area contributed by atoms with E-state index in [1.165, 1.54) is 4.90 Å². The van der Waals surface area contributed by atoms with Gasteiger partial charge in [0.2, 0.25) is 5.91 Å². The van der Waals surface area contributed by atoms with Crippen LogP contribution in [-0.4, -0.2) is 24.0 Å². The lowest BCUT2D eigenvalue weighted by atomic mass is 10.0. The highest BCUT2D eigenvalue weighted by Gasteiger charge is 2.41. The molecule has 2 amide bonds. The molecule has 148 valence electrons. The number of carbonyl (C=O) groups excluding carboxylic acids is 2. The fourth-order valence-corrected chi connectivity index (χ4v) is 3.59. The Morgan fingerprint density at radius 3 is 2.39 bits per heavy atom. The van der Waals surface area contributed by atoms with Gasteiger partial charge in [0.05, 0.1) is 5.69 Å². The first-order valence-electron chi connectivity index (χ1n) is 9.48. The van der Waals surface area contributed by atoms with E-state index in [1.54, 1.807) is 32.0 Å². The minimum Gasteiger partial charge on any atom is -0.476 e. The largest absolute Gasteiger partial charge is 0.476 e. The number of anilines is 2. The minimum absolute atomic E-state index is 0.111. The van der Waals surface area contributed by atoms with Crippen LogP contribution in [0.1, 0.15) is 38.8 Å². The highest BCUT2D eigenvalue weighted by Crippen LogP contribution is 2.39. The number of hydrogen-bond donors (Lipinski definition) is 1. The van der Waals surface area contributed by atoms with Crippen molar-refractivity contribution >= 4 is 34.8 Å². The van der Waals surface area contributed by atoms with Crippen molar-refractivity contribution in [2.45, 2.75) is 46.1 Å². The average molecular weight is 401 g/mol. The van der Waals surface area contributed by atoms with Gasteiger partial charge in [0.15, 0.2) is 5.60 Å². The van der Waals surface area contributed by atoms with E-state index in [-0.39, 0.29) is 18.4 Å². The Balaban J connectivity index is 1.90. The van der Waals surface area contributed by atoms with E-state index in [4.69, 9.17) is 16.3 Å². The minimum atomic E-state index is -1.06. The van der Waals surface area contributed by atoms with Crippen molar-refractivity contribution in [2.24, 2.45) is 0 Å². The third-order valence-corrected chi connectivity index (χ3v) is 5.14. The molecular weight excluding hydrogens is 376 g/mol. The fourth-order valence-electron chi connectivity index (χ4n) is 3.42. The first-order chi connectivity index (χ1) is 13.3. The summed E-state index contributed by atoms with van der Waals surface area (Å²) in [6, 6.07) is 11.1. The maximum absolute atomic E-state index is 12.9. The zero-order valence-electron chi connectivity index (χ0n) is 16.6. The van der Waals surface area contributed by atoms with Crippen LogP contribution in [0.2, 0.25) is 5.02 Å². The normalized spacial score (nSPS) is 15.0. The fraction of sp³-hybridized carbons (Fsp3) is 0.364. The molecule has 5 nitrogen and oxygen atoms in total. The Morgan fingerprint density at radius 1 is 1.14 bits per heavy atom. The molecule has 1 heterocycles. The summed E-state index contributed by atoms with van der Waals surface area (Å²) >= 11 is 6.11. The number of amides is 2. The first-order valence-corrected chi connectivity index (χ1v) is 9.85. The Kier molecular flexibility index (Phi) is 5.66. The highest BCUT2D eigenvalue weighted by atomic mass is 35.5. The number of nitrogens with zero attached hydrogens (tertiary/aromatic N) is 1. The van der Waals surface area contributed by atoms with Crippen molar-refractivity contribution in [3.8, 4) is 5.75 Å². The van der Waals surface area contributed by atoms with Gasteiger partial charge < -0.3 is 10.1 Å². The average Bonchev–Trinajstić information content (AvgIpc) is 2.66. The molecule has 0 saturated carbocycles. The first kappa shape index (κ1) is 20.2. The van der Waals surface area contributed by atoms with E-state index in [9.17, 15) is 9.59 Å². The lowest BCUT2D eigenvalue weighted by Crippen LogP contribution is -2.54. The quantitative estimate of drug-likeness (QED) is 0.797. The smallest absolute Gasteiger partial charge is 0.271 e. The molecule has 6 heteroatoms. The molecule has 0 fully saturated rings. The van der Waals surface area contributed by atoms with Gasteiger partial charge >= 0.3 is 0 Å². The molecular formula is C22H25ClN2O3. The molecule has 0 spiro atoms. The Labute approximate surface area is 170 Å². The van der Waals surface area contributed by atoms with Crippen molar-refractivity contribution in [1.29, 1.82) is 0 Å². The summed E-state index contributed by atoms with van der Waals surface area (Å²) in [6.07, 6.45) is 1.62. The van der Waals surface area contributed by atoms with Crippen LogP contribution in [-0.2, 0) is 22.4 Å². The maximum atomic E-state index is 12.9. The van der Waals surface area contributed by atoms with Crippen LogP contribution < -0.4 is 15.0 Å². The molecule has 0 atom stereocenters. The van der Waals surface area contributed by atoms with Crippen molar-refractivity contribution in [3.63, 3.8) is 0 Å². The number of aryl methyl sites for hydroxylation is 2. The molecule has 3 rings (SSSR count). The predicted octanol–water partition coefficient (Wildman–Crippen LogP) is 4.61. The molecule has 2 aromatic carbocycles. The Bertz CT molecular complexity index is 902. The van der Waals surface area contributed by atoms with Crippen molar-refractivity contribution in [3.05, 3.63) is 52.5 Å². The number of hydrogen-bond acceptors (Lipinski definition) is 3. The zero-order chi connectivity index (χ0) is 20.5. The molecule has 1 aliphatic rings. The molecule has 0 bridgehead atoms. The molecule has 1 aliphatic heterocycles. The monoisotopic (exact) mass is 400 g/mol. The lowest BCUT2D eigenvalue weighted by Gasteiger charge is -2.38. The Morgan fingerprint density at radius 2 is 1.79 bits per heavy atom. The summed E-state index contributed by atoms with van der Waals surface area (Å²) in [5.74, 6) is -0.00510. The second kappa shape index (κ2) is 7.84. The standard InChI is InChI=1S/C22H25ClN2O3/c1-5-14-8-7-9-15(6-2)20(14)24-19(26)13-25-17-12-16(23)10-11-18(17)28-22(3,4)21(25)27/h7-12H,5-6,13H2,1-4H3,(H,24,26). The molecule has 0 radical (unpaired) electrons. The summed E-state index contributed by atoms with van der Waals surface area (Å²) < 4.78 is 5.81. The van der Waals surface area contributed by atoms with Crippen molar-refractivity contribution in [2.75, 3.05) is 16.8 Å². The van der Waals surface area contributed by atoms with E-state index < -0.39 is 5.60 Å². The predicted molar refractivity (Wildman–Crippen MR) is 112 cm³/mol. The summed E-state index contributed by atoms with van der Waals surface area (Å²) in [5.41, 5.74) is 2.43. The van der Waals surface area contributed by atoms with Gasteiger partial charge in [-0.25, -0.2) is 0 Å². The van der Waals surface area contributed by atoms with E-state index in [1.807, 2.05) is 18.2 Å². The zero-order valence-corrected chi connectivity index (χ0v) is 17.4. The highest BCUT2D eigenvalue weighted by molar-refractivity contribution is 6.31. The molecule has 0 saturated heterocycles. The van der Waals surface area contributed by atoms with E-state index in [2.05, 4.69) is 19.2 Å². The van der Waals surface area contributed by atoms with Crippen LogP contribution in [0.25, 0.3) is 0 Å². The van der Waals surface area contributed by atoms with Crippen LogP contribution in [0, 0.1) is 0 Å². The van der Waals surface area contributed by atoms with Crippen LogP contribution in [0.3, 0.4) is 0 Å². The topological polar surface area (TPSA) is 58.6 Å². The summed E-state index contributed by atoms with van der Waals surface area (Å²) in [7, 11) is 0. The molecule has 1 N–H and O–H groups in total. The lowest BCUT2D eigenvalue weighted by molar-refractivity contribution is -0.133. The number of rotatable bonds is 5. The van der Waals surface area contributed by atoms with Crippen LogP contribution in [0.15, 0.2) is 36.4 Å². The van der Waals surface area contributed by atoms with E-state index >= 15 is 0 Å². The van der Waals surface area contributed by atoms with Crippen LogP contribution >= 0.6 is 11.6 Å². The second-order valence-corrected chi connectivity index (χ2v) is 7.76.